The summed E-state index contributed by atoms with van der Waals surface area (Å²) in [5.41, 5.74) is 0. The summed E-state index contributed by atoms with van der Waals surface area (Å²) in [6.07, 6.45) is -5.82. The number of alkyl halides is 1. The molecule has 0 aromatic carbocycles. The SMILES string of the molecule is O=CC(O)C(O)C(O)C(O)CI. The molecule has 0 aliphatic rings. The van der Waals surface area contributed by atoms with Crippen LogP contribution in [0.15, 0.2) is 0 Å². The Hall–Kier alpha value is 0.240. The Morgan fingerprint density at radius 3 is 2.00 bits per heavy atom. The van der Waals surface area contributed by atoms with Crippen LogP contribution in [0.1, 0.15) is 0 Å². The fourth-order valence-corrected chi connectivity index (χ4v) is 1.12. The maximum Gasteiger partial charge on any atom is 0.151 e. The largest absolute Gasteiger partial charge is 0.390 e. The van der Waals surface area contributed by atoms with Crippen molar-refractivity contribution in [3.05, 3.63) is 0 Å². The summed E-state index contributed by atoms with van der Waals surface area (Å²) in [5.74, 6) is 0. The number of halogens is 1. The summed E-state index contributed by atoms with van der Waals surface area (Å²) < 4.78 is 0.210. The van der Waals surface area contributed by atoms with Gasteiger partial charge in [-0.05, 0) is 0 Å². The first-order valence-electron chi connectivity index (χ1n) is 3.28. The molecule has 0 radical (unpaired) electrons. The molecule has 0 saturated heterocycles. The molecule has 0 amide bonds. The van der Waals surface area contributed by atoms with E-state index in [-0.39, 0.29) is 10.7 Å². The molecule has 4 atom stereocenters. The van der Waals surface area contributed by atoms with Crippen molar-refractivity contribution >= 4 is 28.9 Å². The highest BCUT2D eigenvalue weighted by atomic mass is 127. The van der Waals surface area contributed by atoms with Crippen LogP contribution in [0.25, 0.3) is 0 Å². The standard InChI is InChI=1S/C6H11IO5/c7-1-3(9)5(11)6(12)4(10)2-8/h2-6,9-12H,1H2. The van der Waals surface area contributed by atoms with Crippen LogP contribution in [0.4, 0.5) is 0 Å². The predicted octanol–water partition coefficient (Wildman–Crippen LogP) is -1.94. The van der Waals surface area contributed by atoms with Gasteiger partial charge in [0.2, 0.25) is 0 Å². The molecule has 12 heavy (non-hydrogen) atoms. The lowest BCUT2D eigenvalue weighted by atomic mass is 10.1. The van der Waals surface area contributed by atoms with Crippen LogP contribution in [0, 0.1) is 0 Å². The lowest BCUT2D eigenvalue weighted by Crippen LogP contribution is -2.45. The van der Waals surface area contributed by atoms with Gasteiger partial charge < -0.3 is 25.2 Å². The van der Waals surface area contributed by atoms with E-state index in [0.29, 0.717) is 0 Å². The highest BCUT2D eigenvalue weighted by Crippen LogP contribution is 2.05. The number of carbonyl (C=O) groups excluding carboxylic acids is 1. The second kappa shape index (κ2) is 5.81. The summed E-state index contributed by atoms with van der Waals surface area (Å²) in [5, 5.41) is 35.8. The molecule has 0 fully saturated rings. The lowest BCUT2D eigenvalue weighted by molar-refractivity contribution is -0.131. The molecule has 0 aromatic heterocycles. The first-order chi connectivity index (χ1) is 5.54. The smallest absolute Gasteiger partial charge is 0.151 e. The summed E-state index contributed by atoms with van der Waals surface area (Å²) in [6, 6.07) is 0. The predicted molar refractivity (Wildman–Crippen MR) is 49.0 cm³/mol. The summed E-state index contributed by atoms with van der Waals surface area (Å²) in [4.78, 5) is 9.96. The summed E-state index contributed by atoms with van der Waals surface area (Å²) in [6.45, 7) is 0. The molecular formula is C6H11IO5. The molecule has 4 unspecified atom stereocenters. The quantitative estimate of drug-likeness (QED) is 0.268. The van der Waals surface area contributed by atoms with Crippen molar-refractivity contribution in [2.45, 2.75) is 24.4 Å². The maximum absolute atomic E-state index is 9.96. The molecule has 0 spiro atoms. The van der Waals surface area contributed by atoms with E-state index >= 15 is 0 Å². The molecule has 0 rings (SSSR count). The molecule has 0 aliphatic heterocycles. The average molecular weight is 290 g/mol. The first-order valence-corrected chi connectivity index (χ1v) is 4.80. The van der Waals surface area contributed by atoms with Gasteiger partial charge in [0.25, 0.3) is 0 Å². The van der Waals surface area contributed by atoms with Gasteiger partial charge in [-0.25, -0.2) is 0 Å². The molecule has 0 heterocycles. The zero-order chi connectivity index (χ0) is 9.72. The molecule has 6 heteroatoms. The Bertz CT molecular complexity index is 142. The third-order valence-corrected chi connectivity index (χ3v) is 2.29. The molecule has 5 nitrogen and oxygen atoms in total. The van der Waals surface area contributed by atoms with E-state index in [2.05, 4.69) is 0 Å². The molecule has 72 valence electrons. The van der Waals surface area contributed by atoms with Crippen LogP contribution >= 0.6 is 22.6 Å². The minimum absolute atomic E-state index is 0.105. The monoisotopic (exact) mass is 290 g/mol. The van der Waals surface area contributed by atoms with Crippen molar-refractivity contribution in [3.63, 3.8) is 0 Å². The van der Waals surface area contributed by atoms with E-state index in [0.717, 1.165) is 0 Å². The summed E-state index contributed by atoms with van der Waals surface area (Å²) >= 11 is 1.81. The fraction of sp³-hybridized carbons (Fsp3) is 0.833. The highest BCUT2D eigenvalue weighted by Gasteiger charge is 2.29. The number of aliphatic hydroxyl groups excluding tert-OH is 4. The van der Waals surface area contributed by atoms with Gasteiger partial charge in [0, 0.05) is 4.43 Å². The van der Waals surface area contributed by atoms with Crippen LogP contribution < -0.4 is 0 Å². The van der Waals surface area contributed by atoms with Crippen molar-refractivity contribution in [1.82, 2.24) is 0 Å². The minimum Gasteiger partial charge on any atom is -0.390 e. The van der Waals surface area contributed by atoms with Crippen LogP contribution in [0.3, 0.4) is 0 Å². The zero-order valence-corrected chi connectivity index (χ0v) is 8.33. The third-order valence-electron chi connectivity index (χ3n) is 1.39. The molecular weight excluding hydrogens is 279 g/mol. The zero-order valence-electron chi connectivity index (χ0n) is 6.17. The second-order valence-electron chi connectivity index (χ2n) is 2.33. The summed E-state index contributed by atoms with van der Waals surface area (Å²) in [7, 11) is 0. The van der Waals surface area contributed by atoms with Crippen molar-refractivity contribution < 1.29 is 25.2 Å². The number of carbonyl (C=O) groups is 1. The van der Waals surface area contributed by atoms with Crippen LogP contribution in [0.5, 0.6) is 0 Å². The molecule has 0 bridgehead atoms. The van der Waals surface area contributed by atoms with Crippen LogP contribution in [0.2, 0.25) is 0 Å². The number of hydrogen-bond donors (Lipinski definition) is 4. The normalized spacial score (nSPS) is 21.1. The minimum atomic E-state index is -1.66. The number of aliphatic hydroxyl groups is 4. The van der Waals surface area contributed by atoms with E-state index in [1.807, 2.05) is 0 Å². The topological polar surface area (TPSA) is 98.0 Å². The number of hydrogen-bond acceptors (Lipinski definition) is 5. The Balaban J connectivity index is 4.07. The van der Waals surface area contributed by atoms with Gasteiger partial charge in [-0.1, -0.05) is 22.6 Å². The van der Waals surface area contributed by atoms with Gasteiger partial charge in [-0.2, -0.15) is 0 Å². The van der Waals surface area contributed by atoms with Crippen molar-refractivity contribution in [1.29, 1.82) is 0 Å². The number of aldehydes is 1. The highest BCUT2D eigenvalue weighted by molar-refractivity contribution is 14.1. The van der Waals surface area contributed by atoms with Gasteiger partial charge in [0.05, 0.1) is 6.10 Å². The maximum atomic E-state index is 9.96. The van der Waals surface area contributed by atoms with Gasteiger partial charge in [0.1, 0.15) is 18.3 Å². The Kier molecular flexibility index (Phi) is 5.93. The lowest BCUT2D eigenvalue weighted by Gasteiger charge is -2.22. The molecule has 0 aliphatic carbocycles. The molecule has 4 N–H and O–H groups in total. The van der Waals surface area contributed by atoms with Crippen LogP contribution in [-0.2, 0) is 4.79 Å². The van der Waals surface area contributed by atoms with Crippen LogP contribution in [-0.4, -0.2) is 55.6 Å². The van der Waals surface area contributed by atoms with Crippen molar-refractivity contribution in [2.24, 2.45) is 0 Å². The first kappa shape index (κ1) is 12.2. The Morgan fingerprint density at radius 2 is 1.67 bits per heavy atom. The van der Waals surface area contributed by atoms with E-state index in [4.69, 9.17) is 20.4 Å². The Labute approximate surface area is 83.2 Å². The van der Waals surface area contributed by atoms with Gasteiger partial charge >= 0.3 is 0 Å². The van der Waals surface area contributed by atoms with Gasteiger partial charge in [-0.15, -0.1) is 0 Å². The second-order valence-corrected chi connectivity index (χ2v) is 3.21. The molecule has 0 aromatic rings. The number of rotatable bonds is 5. The van der Waals surface area contributed by atoms with E-state index < -0.39 is 24.4 Å². The third kappa shape index (κ3) is 3.31. The van der Waals surface area contributed by atoms with E-state index in [1.165, 1.54) is 0 Å². The Morgan fingerprint density at radius 1 is 1.17 bits per heavy atom. The molecule has 0 saturated carbocycles. The van der Waals surface area contributed by atoms with Gasteiger partial charge in [-0.3, -0.25) is 0 Å². The van der Waals surface area contributed by atoms with E-state index in [1.54, 1.807) is 22.6 Å². The van der Waals surface area contributed by atoms with E-state index in [9.17, 15) is 4.79 Å². The average Bonchev–Trinajstić information content (AvgIpc) is 2.12. The van der Waals surface area contributed by atoms with Crippen molar-refractivity contribution in [3.8, 4) is 0 Å². The van der Waals surface area contributed by atoms with Crippen molar-refractivity contribution in [2.75, 3.05) is 4.43 Å². The fourth-order valence-electron chi connectivity index (χ4n) is 0.601. The van der Waals surface area contributed by atoms with Gasteiger partial charge in [0.15, 0.2) is 6.29 Å².